The highest BCUT2D eigenvalue weighted by Gasteiger charge is 2.37. The van der Waals surface area contributed by atoms with E-state index in [1.165, 1.54) is 44.3 Å². The van der Waals surface area contributed by atoms with Crippen LogP contribution in [0.4, 0.5) is 0 Å². The summed E-state index contributed by atoms with van der Waals surface area (Å²) in [6.45, 7) is 2.21. The molecule has 1 amide bonds. The second kappa shape index (κ2) is 7.01. The highest BCUT2D eigenvalue weighted by Crippen LogP contribution is 2.29. The van der Waals surface area contributed by atoms with Gasteiger partial charge in [0.25, 0.3) is 5.91 Å². The number of hydrogen-bond donors (Lipinski definition) is 1. The molecule has 0 spiro atoms. The Morgan fingerprint density at radius 1 is 1.28 bits per heavy atom. The first-order chi connectivity index (χ1) is 11.6. The standard InChI is InChI=1S/C16H22N2O6S/c1-10-8-18(9-12(10)16(20)21)15(19)11-5-6-13(24-4)14(7-11)25(22,23)17(2)3/h5-7,10,12H,8-9H2,1-4H3,(H,20,21)/t10-,12-/m1/s1. The summed E-state index contributed by atoms with van der Waals surface area (Å²) in [5.74, 6) is -1.97. The van der Waals surface area contributed by atoms with Crippen molar-refractivity contribution in [2.24, 2.45) is 11.8 Å². The number of carboxylic acids is 1. The van der Waals surface area contributed by atoms with E-state index >= 15 is 0 Å². The summed E-state index contributed by atoms with van der Waals surface area (Å²) in [6.07, 6.45) is 0. The number of ether oxygens (including phenoxy) is 1. The van der Waals surface area contributed by atoms with Crippen LogP contribution in [0.25, 0.3) is 0 Å². The molecule has 1 fully saturated rings. The smallest absolute Gasteiger partial charge is 0.308 e. The van der Waals surface area contributed by atoms with Gasteiger partial charge in [0.15, 0.2) is 0 Å². The van der Waals surface area contributed by atoms with Gasteiger partial charge in [-0.2, -0.15) is 0 Å². The topological polar surface area (TPSA) is 104 Å². The summed E-state index contributed by atoms with van der Waals surface area (Å²) < 4.78 is 31.0. The van der Waals surface area contributed by atoms with Crippen molar-refractivity contribution in [3.63, 3.8) is 0 Å². The predicted molar refractivity (Wildman–Crippen MR) is 90.1 cm³/mol. The van der Waals surface area contributed by atoms with Crippen LogP contribution in [0.15, 0.2) is 23.1 Å². The summed E-state index contributed by atoms with van der Waals surface area (Å²) in [6, 6.07) is 4.18. The summed E-state index contributed by atoms with van der Waals surface area (Å²) in [4.78, 5) is 25.3. The van der Waals surface area contributed by atoms with Crippen molar-refractivity contribution in [3.05, 3.63) is 23.8 Å². The molecule has 1 heterocycles. The third kappa shape index (κ3) is 3.62. The molecular formula is C16H22N2O6S. The van der Waals surface area contributed by atoms with Crippen LogP contribution in [-0.4, -0.2) is 68.9 Å². The Morgan fingerprint density at radius 3 is 2.40 bits per heavy atom. The first-order valence-corrected chi connectivity index (χ1v) is 9.16. The van der Waals surface area contributed by atoms with E-state index in [9.17, 15) is 23.1 Å². The minimum atomic E-state index is -3.79. The van der Waals surface area contributed by atoms with Crippen LogP contribution in [0.1, 0.15) is 17.3 Å². The maximum absolute atomic E-state index is 12.7. The van der Waals surface area contributed by atoms with Gasteiger partial charge in [0.05, 0.1) is 13.0 Å². The Morgan fingerprint density at radius 2 is 1.92 bits per heavy atom. The number of rotatable bonds is 5. The first-order valence-electron chi connectivity index (χ1n) is 7.72. The van der Waals surface area contributed by atoms with Gasteiger partial charge in [-0.25, -0.2) is 12.7 Å². The van der Waals surface area contributed by atoms with Crippen LogP contribution in [0, 0.1) is 11.8 Å². The fourth-order valence-electron chi connectivity index (χ4n) is 2.84. The Labute approximate surface area is 147 Å². The number of benzene rings is 1. The van der Waals surface area contributed by atoms with E-state index in [1.807, 2.05) is 0 Å². The van der Waals surface area contributed by atoms with Crippen LogP contribution in [0.2, 0.25) is 0 Å². The average Bonchev–Trinajstić information content (AvgIpc) is 2.95. The number of hydrogen-bond acceptors (Lipinski definition) is 5. The quantitative estimate of drug-likeness (QED) is 0.820. The van der Waals surface area contributed by atoms with Gasteiger partial charge < -0.3 is 14.7 Å². The normalized spacial score (nSPS) is 20.8. The Bertz CT molecular complexity index is 790. The zero-order valence-corrected chi connectivity index (χ0v) is 15.4. The average molecular weight is 370 g/mol. The van der Waals surface area contributed by atoms with Crippen LogP contribution in [-0.2, 0) is 14.8 Å². The first kappa shape index (κ1) is 19.2. The molecule has 138 valence electrons. The maximum atomic E-state index is 12.7. The second-order valence-electron chi connectivity index (χ2n) is 6.29. The van der Waals surface area contributed by atoms with Gasteiger partial charge in [0.1, 0.15) is 10.6 Å². The summed E-state index contributed by atoms with van der Waals surface area (Å²) in [5, 5.41) is 9.19. The molecule has 0 aromatic heterocycles. The van der Waals surface area contributed by atoms with E-state index in [-0.39, 0.29) is 28.7 Å². The van der Waals surface area contributed by atoms with Gasteiger partial charge in [0.2, 0.25) is 10.0 Å². The van der Waals surface area contributed by atoms with Gasteiger partial charge in [0, 0.05) is 32.7 Å². The SMILES string of the molecule is COc1ccc(C(=O)N2C[C@@H](C)[C@H](C(=O)O)C2)cc1S(=O)(=O)N(C)C. The molecule has 1 N–H and O–H groups in total. The van der Waals surface area contributed by atoms with E-state index in [4.69, 9.17) is 4.74 Å². The number of nitrogens with zero attached hydrogens (tertiary/aromatic N) is 2. The number of carbonyl (C=O) groups excluding carboxylic acids is 1. The molecule has 1 aliphatic rings. The molecule has 1 aromatic rings. The van der Waals surface area contributed by atoms with Crippen LogP contribution in [0.3, 0.4) is 0 Å². The predicted octanol–water partition coefficient (Wildman–Crippen LogP) is 0.738. The van der Waals surface area contributed by atoms with Crippen molar-refractivity contribution in [3.8, 4) is 5.75 Å². The highest BCUT2D eigenvalue weighted by atomic mass is 32.2. The Hall–Kier alpha value is -2.13. The Balaban J connectivity index is 2.38. The van der Waals surface area contributed by atoms with Crippen molar-refractivity contribution in [1.29, 1.82) is 0 Å². The summed E-state index contributed by atoms with van der Waals surface area (Å²) in [5.41, 5.74) is 0.180. The molecule has 0 bridgehead atoms. The monoisotopic (exact) mass is 370 g/mol. The van der Waals surface area contributed by atoms with Crippen molar-refractivity contribution >= 4 is 21.9 Å². The molecular weight excluding hydrogens is 348 g/mol. The van der Waals surface area contributed by atoms with Crippen LogP contribution < -0.4 is 4.74 Å². The molecule has 0 aliphatic carbocycles. The van der Waals surface area contributed by atoms with E-state index < -0.39 is 27.8 Å². The lowest BCUT2D eigenvalue weighted by atomic mass is 9.99. The van der Waals surface area contributed by atoms with Gasteiger partial charge in [-0.3, -0.25) is 9.59 Å². The summed E-state index contributed by atoms with van der Waals surface area (Å²) >= 11 is 0. The molecule has 1 aliphatic heterocycles. The Kier molecular flexibility index (Phi) is 5.38. The molecule has 2 rings (SSSR count). The number of sulfonamides is 1. The van der Waals surface area contributed by atoms with Crippen molar-refractivity contribution in [1.82, 2.24) is 9.21 Å². The van der Waals surface area contributed by atoms with Crippen molar-refractivity contribution in [2.75, 3.05) is 34.3 Å². The van der Waals surface area contributed by atoms with E-state index in [0.717, 1.165) is 4.31 Å². The highest BCUT2D eigenvalue weighted by molar-refractivity contribution is 7.89. The molecule has 25 heavy (non-hydrogen) atoms. The zero-order chi connectivity index (χ0) is 18.9. The van der Waals surface area contributed by atoms with Gasteiger partial charge in [-0.15, -0.1) is 0 Å². The van der Waals surface area contributed by atoms with E-state index in [1.54, 1.807) is 6.92 Å². The molecule has 1 saturated heterocycles. The second-order valence-corrected chi connectivity index (χ2v) is 8.41. The number of amides is 1. The van der Waals surface area contributed by atoms with Gasteiger partial charge in [-0.1, -0.05) is 6.92 Å². The number of aliphatic carboxylic acids is 1. The zero-order valence-electron chi connectivity index (χ0n) is 14.6. The maximum Gasteiger partial charge on any atom is 0.308 e. The molecule has 1 aromatic carbocycles. The largest absolute Gasteiger partial charge is 0.495 e. The fraction of sp³-hybridized carbons (Fsp3) is 0.500. The number of methoxy groups -OCH3 is 1. The molecule has 9 heteroatoms. The number of carbonyl (C=O) groups is 2. The number of carboxylic acid groups (broad SMARTS) is 1. The van der Waals surface area contributed by atoms with Crippen molar-refractivity contribution < 1.29 is 27.9 Å². The molecule has 8 nitrogen and oxygen atoms in total. The number of likely N-dealkylation sites (tertiary alicyclic amines) is 1. The fourth-order valence-corrected chi connectivity index (χ4v) is 3.92. The molecule has 2 atom stereocenters. The minimum Gasteiger partial charge on any atom is -0.495 e. The third-order valence-electron chi connectivity index (χ3n) is 4.39. The van der Waals surface area contributed by atoms with Crippen LogP contribution in [0.5, 0.6) is 5.75 Å². The van der Waals surface area contributed by atoms with E-state index in [0.29, 0.717) is 6.54 Å². The van der Waals surface area contributed by atoms with Crippen LogP contribution >= 0.6 is 0 Å². The van der Waals surface area contributed by atoms with Crippen molar-refractivity contribution in [2.45, 2.75) is 11.8 Å². The van der Waals surface area contributed by atoms with Gasteiger partial charge in [-0.05, 0) is 24.1 Å². The lowest BCUT2D eigenvalue weighted by molar-refractivity contribution is -0.142. The minimum absolute atomic E-state index is 0.104. The lowest BCUT2D eigenvalue weighted by Crippen LogP contribution is -2.30. The van der Waals surface area contributed by atoms with Gasteiger partial charge >= 0.3 is 5.97 Å². The van der Waals surface area contributed by atoms with E-state index in [2.05, 4.69) is 0 Å². The molecule has 0 saturated carbocycles. The molecule has 0 radical (unpaired) electrons. The lowest BCUT2D eigenvalue weighted by Gasteiger charge is -2.18. The summed E-state index contributed by atoms with van der Waals surface area (Å²) in [7, 11) is 0.345. The third-order valence-corrected chi connectivity index (χ3v) is 6.22. The molecule has 0 unspecified atom stereocenters.